The minimum atomic E-state index is -3.56. The van der Waals surface area contributed by atoms with E-state index in [0.717, 1.165) is 17.7 Å². The summed E-state index contributed by atoms with van der Waals surface area (Å²) in [6.45, 7) is 2.31. The van der Waals surface area contributed by atoms with Gasteiger partial charge in [-0.15, -0.1) is 0 Å². The van der Waals surface area contributed by atoms with Gasteiger partial charge in [0.2, 0.25) is 15.9 Å². The topological polar surface area (TPSA) is 125 Å². The third-order valence-corrected chi connectivity index (χ3v) is 8.34. The standard InChI is InChI=1S/C24H28N4O6S/c1-3-24(17-6-10-19(34-2)11-7-17)22(30)28(23(31)26-24)16-21(29)25-18-8-12-20(13-9-18)35(32,33)27-14-4-5-15-27/h6-13H,3-5,14-16H2,1-2H3,(H,25,29)(H,26,31). The molecule has 4 amide bonds. The van der Waals surface area contributed by atoms with E-state index in [0.29, 0.717) is 36.5 Å². The van der Waals surface area contributed by atoms with Gasteiger partial charge in [-0.05, 0) is 61.2 Å². The number of carbonyl (C=O) groups is 3. The largest absolute Gasteiger partial charge is 0.497 e. The average molecular weight is 501 g/mol. The summed E-state index contributed by atoms with van der Waals surface area (Å²) < 4.78 is 31.9. The minimum Gasteiger partial charge on any atom is -0.497 e. The van der Waals surface area contributed by atoms with E-state index in [1.807, 2.05) is 0 Å². The molecule has 0 radical (unpaired) electrons. The molecule has 1 unspecified atom stereocenters. The number of anilines is 1. The number of benzene rings is 2. The number of rotatable bonds is 8. The maximum Gasteiger partial charge on any atom is 0.325 e. The van der Waals surface area contributed by atoms with Crippen molar-refractivity contribution in [3.8, 4) is 5.75 Å². The van der Waals surface area contributed by atoms with E-state index in [1.54, 1.807) is 31.2 Å². The van der Waals surface area contributed by atoms with E-state index in [4.69, 9.17) is 4.74 Å². The Hall–Kier alpha value is -3.44. The molecule has 186 valence electrons. The van der Waals surface area contributed by atoms with Crippen LogP contribution in [-0.2, 0) is 25.2 Å². The maximum absolute atomic E-state index is 13.3. The molecule has 2 aromatic carbocycles. The number of imide groups is 1. The lowest BCUT2D eigenvalue weighted by atomic mass is 9.87. The van der Waals surface area contributed by atoms with Gasteiger partial charge in [-0.25, -0.2) is 13.2 Å². The van der Waals surface area contributed by atoms with Crippen molar-refractivity contribution in [2.75, 3.05) is 32.1 Å². The maximum atomic E-state index is 13.3. The van der Waals surface area contributed by atoms with E-state index in [2.05, 4.69) is 10.6 Å². The van der Waals surface area contributed by atoms with E-state index in [9.17, 15) is 22.8 Å². The molecule has 11 heteroatoms. The van der Waals surface area contributed by atoms with Gasteiger partial charge in [0.1, 0.15) is 17.8 Å². The number of methoxy groups -OCH3 is 1. The molecule has 4 rings (SSSR count). The summed E-state index contributed by atoms with van der Waals surface area (Å²) in [6.07, 6.45) is 1.98. The summed E-state index contributed by atoms with van der Waals surface area (Å²) in [7, 11) is -2.02. The van der Waals surface area contributed by atoms with Crippen LogP contribution in [-0.4, -0.2) is 62.2 Å². The van der Waals surface area contributed by atoms with Crippen LogP contribution in [0.15, 0.2) is 53.4 Å². The van der Waals surface area contributed by atoms with Gasteiger partial charge in [-0.3, -0.25) is 14.5 Å². The minimum absolute atomic E-state index is 0.152. The lowest BCUT2D eigenvalue weighted by Gasteiger charge is -2.26. The summed E-state index contributed by atoms with van der Waals surface area (Å²) in [6, 6.07) is 12.0. The van der Waals surface area contributed by atoms with Gasteiger partial charge in [0, 0.05) is 18.8 Å². The molecule has 10 nitrogen and oxygen atoms in total. The van der Waals surface area contributed by atoms with Crippen LogP contribution in [0.5, 0.6) is 5.75 Å². The molecule has 0 saturated carbocycles. The van der Waals surface area contributed by atoms with Crippen LogP contribution in [0.4, 0.5) is 10.5 Å². The first-order valence-electron chi connectivity index (χ1n) is 11.4. The highest BCUT2D eigenvalue weighted by atomic mass is 32.2. The summed E-state index contributed by atoms with van der Waals surface area (Å²) in [5, 5.41) is 5.36. The number of ether oxygens (including phenoxy) is 1. The van der Waals surface area contributed by atoms with Crippen LogP contribution in [0.25, 0.3) is 0 Å². The van der Waals surface area contributed by atoms with Gasteiger partial charge in [0.05, 0.1) is 12.0 Å². The molecule has 0 spiro atoms. The SMILES string of the molecule is CCC1(c2ccc(OC)cc2)NC(=O)N(CC(=O)Nc2ccc(S(=O)(=O)N3CCCC3)cc2)C1=O. The van der Waals surface area contributed by atoms with Gasteiger partial charge in [-0.1, -0.05) is 19.1 Å². The molecule has 0 aliphatic carbocycles. The lowest BCUT2D eigenvalue weighted by molar-refractivity contribution is -0.134. The molecule has 2 fully saturated rings. The van der Waals surface area contributed by atoms with E-state index >= 15 is 0 Å². The molecular weight excluding hydrogens is 472 g/mol. The zero-order chi connectivity index (χ0) is 25.2. The Kier molecular flexibility index (Phi) is 6.82. The zero-order valence-electron chi connectivity index (χ0n) is 19.6. The Morgan fingerprint density at radius 2 is 1.69 bits per heavy atom. The monoisotopic (exact) mass is 500 g/mol. The van der Waals surface area contributed by atoms with Crippen molar-refractivity contribution < 1.29 is 27.5 Å². The number of carbonyl (C=O) groups excluding carboxylic acids is 3. The van der Waals surface area contributed by atoms with Crippen LogP contribution < -0.4 is 15.4 Å². The Morgan fingerprint density at radius 1 is 1.06 bits per heavy atom. The Labute approximate surface area is 204 Å². The predicted molar refractivity (Wildman–Crippen MR) is 128 cm³/mol. The van der Waals surface area contributed by atoms with E-state index < -0.39 is 40.0 Å². The molecule has 0 bridgehead atoms. The first-order chi connectivity index (χ1) is 16.7. The van der Waals surface area contributed by atoms with Crippen molar-refractivity contribution in [2.24, 2.45) is 0 Å². The zero-order valence-corrected chi connectivity index (χ0v) is 20.4. The van der Waals surface area contributed by atoms with Crippen LogP contribution >= 0.6 is 0 Å². The third kappa shape index (κ3) is 4.61. The highest BCUT2D eigenvalue weighted by Crippen LogP contribution is 2.33. The average Bonchev–Trinajstić information content (AvgIpc) is 3.49. The Morgan fingerprint density at radius 3 is 2.26 bits per heavy atom. The first kappa shape index (κ1) is 24.7. The Balaban J connectivity index is 1.44. The fraction of sp³-hybridized carbons (Fsp3) is 0.375. The first-order valence-corrected chi connectivity index (χ1v) is 12.8. The van der Waals surface area contributed by atoms with Crippen LogP contribution in [0.3, 0.4) is 0 Å². The van der Waals surface area contributed by atoms with Crippen LogP contribution in [0.1, 0.15) is 31.7 Å². The smallest absolute Gasteiger partial charge is 0.325 e. The van der Waals surface area contributed by atoms with Crippen molar-refractivity contribution >= 4 is 33.6 Å². The highest BCUT2D eigenvalue weighted by molar-refractivity contribution is 7.89. The Bertz CT molecular complexity index is 1220. The van der Waals surface area contributed by atoms with E-state index in [-0.39, 0.29) is 4.90 Å². The fourth-order valence-electron chi connectivity index (χ4n) is 4.42. The van der Waals surface area contributed by atoms with Gasteiger partial charge < -0.3 is 15.4 Å². The van der Waals surface area contributed by atoms with Crippen LogP contribution in [0, 0.1) is 0 Å². The normalized spacial score (nSPS) is 20.7. The number of urea groups is 1. The van der Waals surface area contributed by atoms with Crippen molar-refractivity contribution in [2.45, 2.75) is 36.6 Å². The van der Waals surface area contributed by atoms with Crippen molar-refractivity contribution in [1.82, 2.24) is 14.5 Å². The second-order valence-electron chi connectivity index (χ2n) is 8.49. The van der Waals surface area contributed by atoms with Gasteiger partial charge in [-0.2, -0.15) is 4.31 Å². The molecule has 2 heterocycles. The third-order valence-electron chi connectivity index (χ3n) is 6.43. The van der Waals surface area contributed by atoms with Gasteiger partial charge >= 0.3 is 6.03 Å². The van der Waals surface area contributed by atoms with Gasteiger partial charge in [0.15, 0.2) is 0 Å². The molecular formula is C24H28N4O6S. The van der Waals surface area contributed by atoms with Crippen molar-refractivity contribution in [1.29, 1.82) is 0 Å². The van der Waals surface area contributed by atoms with E-state index in [1.165, 1.54) is 35.7 Å². The van der Waals surface area contributed by atoms with Gasteiger partial charge in [0.25, 0.3) is 5.91 Å². The van der Waals surface area contributed by atoms with Crippen molar-refractivity contribution in [3.05, 3.63) is 54.1 Å². The molecule has 0 aromatic heterocycles. The number of hydrogen-bond donors (Lipinski definition) is 2. The molecule has 2 aliphatic heterocycles. The second-order valence-corrected chi connectivity index (χ2v) is 10.4. The predicted octanol–water partition coefficient (Wildman–Crippen LogP) is 2.28. The number of amides is 4. The fourth-order valence-corrected chi connectivity index (χ4v) is 5.93. The molecule has 2 aliphatic rings. The lowest BCUT2D eigenvalue weighted by Crippen LogP contribution is -2.44. The summed E-state index contributed by atoms with van der Waals surface area (Å²) in [5.74, 6) is -0.477. The number of nitrogens with one attached hydrogen (secondary N) is 2. The summed E-state index contributed by atoms with van der Waals surface area (Å²) in [4.78, 5) is 39.6. The molecule has 35 heavy (non-hydrogen) atoms. The molecule has 2 N–H and O–H groups in total. The van der Waals surface area contributed by atoms with Crippen molar-refractivity contribution in [3.63, 3.8) is 0 Å². The second kappa shape index (κ2) is 9.67. The summed E-state index contributed by atoms with van der Waals surface area (Å²) >= 11 is 0. The highest BCUT2D eigenvalue weighted by Gasteiger charge is 2.51. The molecule has 1 atom stereocenters. The number of nitrogens with zero attached hydrogens (tertiary/aromatic N) is 2. The summed E-state index contributed by atoms with van der Waals surface area (Å²) in [5.41, 5.74) is -0.314. The van der Waals surface area contributed by atoms with Crippen LogP contribution in [0.2, 0.25) is 0 Å². The molecule has 2 saturated heterocycles. The quantitative estimate of drug-likeness (QED) is 0.536. The number of hydrogen-bond acceptors (Lipinski definition) is 6. The number of sulfonamides is 1. The molecule has 2 aromatic rings.